The molecule has 1 fully saturated rings. The van der Waals surface area contributed by atoms with Crippen LogP contribution in [0.15, 0.2) is 33.6 Å². The molecule has 0 saturated heterocycles. The molecule has 0 unspecified atom stereocenters. The van der Waals surface area contributed by atoms with E-state index in [9.17, 15) is 8.42 Å². The first-order valence-corrected chi connectivity index (χ1v) is 14.7. The second kappa shape index (κ2) is 15.5. The van der Waals surface area contributed by atoms with Gasteiger partial charge in [0.15, 0.2) is 0 Å². The maximum Gasteiger partial charge on any atom is 0.243 e. The number of rotatable bonds is 16. The van der Waals surface area contributed by atoms with E-state index in [0.717, 1.165) is 69.3 Å². The number of methoxy groups -OCH3 is 1. The monoisotopic (exact) mass is 546 g/mol. The Hall–Kier alpha value is -0.510. The Morgan fingerprint density at radius 1 is 0.939 bits per heavy atom. The molecule has 0 atom stereocenters. The van der Waals surface area contributed by atoms with Crippen LogP contribution in [0.25, 0.3) is 0 Å². The second-order valence-electron chi connectivity index (χ2n) is 9.08. The maximum absolute atomic E-state index is 13.3. The van der Waals surface area contributed by atoms with Crippen molar-refractivity contribution in [3.05, 3.63) is 28.7 Å². The van der Waals surface area contributed by atoms with Gasteiger partial charge in [0.25, 0.3) is 0 Å². The third kappa shape index (κ3) is 9.94. The lowest BCUT2D eigenvalue weighted by Crippen LogP contribution is -2.43. The summed E-state index contributed by atoms with van der Waals surface area (Å²) in [6.45, 7) is 6.31. The van der Waals surface area contributed by atoms with E-state index in [-0.39, 0.29) is 12.1 Å². The van der Waals surface area contributed by atoms with Gasteiger partial charge in [-0.3, -0.25) is 0 Å². The van der Waals surface area contributed by atoms with Gasteiger partial charge in [0.2, 0.25) is 10.0 Å². The average Bonchev–Trinajstić information content (AvgIpc) is 2.81. The zero-order valence-electron chi connectivity index (χ0n) is 20.7. The molecule has 0 amide bonds. The molecule has 6 nitrogen and oxygen atoms in total. The van der Waals surface area contributed by atoms with Gasteiger partial charge in [-0.25, -0.2) is 8.42 Å². The van der Waals surface area contributed by atoms with Crippen molar-refractivity contribution >= 4 is 26.0 Å². The van der Waals surface area contributed by atoms with Crippen LogP contribution in [0, 0.1) is 0 Å². The van der Waals surface area contributed by atoms with E-state index < -0.39 is 10.0 Å². The third-order valence-electron chi connectivity index (χ3n) is 6.38. The van der Waals surface area contributed by atoms with Crippen molar-refractivity contribution in [1.29, 1.82) is 0 Å². The summed E-state index contributed by atoms with van der Waals surface area (Å²) in [4.78, 5) is 2.69. The van der Waals surface area contributed by atoms with Crippen molar-refractivity contribution in [2.24, 2.45) is 0 Å². The number of likely N-dealkylation sites (N-methyl/N-ethyl adjacent to an activating group) is 1. The summed E-state index contributed by atoms with van der Waals surface area (Å²) in [5.41, 5.74) is 0. The minimum absolute atomic E-state index is 0.0635. The van der Waals surface area contributed by atoms with E-state index in [1.54, 1.807) is 35.7 Å². The highest BCUT2D eigenvalue weighted by atomic mass is 79.9. The molecule has 0 radical (unpaired) electrons. The highest BCUT2D eigenvalue weighted by molar-refractivity contribution is 9.10. The van der Waals surface area contributed by atoms with Crippen LogP contribution in [-0.4, -0.2) is 76.8 Å². The van der Waals surface area contributed by atoms with E-state index >= 15 is 0 Å². The van der Waals surface area contributed by atoms with Crippen molar-refractivity contribution < 1.29 is 17.9 Å². The Bertz CT molecular complexity index is 752. The van der Waals surface area contributed by atoms with Gasteiger partial charge in [-0.2, -0.15) is 4.31 Å². The average molecular weight is 548 g/mol. The van der Waals surface area contributed by atoms with Gasteiger partial charge in [0.05, 0.1) is 17.6 Å². The predicted molar refractivity (Wildman–Crippen MR) is 138 cm³/mol. The van der Waals surface area contributed by atoms with Crippen LogP contribution in [0.5, 0.6) is 0 Å². The molecule has 2 rings (SSSR count). The summed E-state index contributed by atoms with van der Waals surface area (Å²) in [6, 6.07) is 7.03. The number of hydrogen-bond donors (Lipinski definition) is 0. The Morgan fingerprint density at radius 2 is 1.61 bits per heavy atom. The molecule has 190 valence electrons. The summed E-state index contributed by atoms with van der Waals surface area (Å²) in [6.07, 6.45) is 9.43. The van der Waals surface area contributed by atoms with E-state index in [0.29, 0.717) is 11.4 Å². The van der Waals surface area contributed by atoms with E-state index in [1.807, 2.05) is 6.92 Å². The number of sulfonamides is 1. The largest absolute Gasteiger partial charge is 0.383 e. The Labute approximate surface area is 210 Å². The molecule has 1 aromatic rings. The summed E-state index contributed by atoms with van der Waals surface area (Å²) >= 11 is 3.39. The molecule has 0 N–H and O–H groups in total. The summed E-state index contributed by atoms with van der Waals surface area (Å²) in [7, 11) is 0.409. The molecule has 0 spiro atoms. The van der Waals surface area contributed by atoms with Gasteiger partial charge in [0.1, 0.15) is 0 Å². The van der Waals surface area contributed by atoms with Gasteiger partial charge >= 0.3 is 0 Å². The Kier molecular flexibility index (Phi) is 13.5. The van der Waals surface area contributed by atoms with Crippen LogP contribution in [0.1, 0.15) is 64.7 Å². The standard InChI is InChI=1S/C25H43BrN2O4S/c1-4-17-28(33(29,30)25-15-9-22(26)10-16-25)23-11-13-24(14-12-23)32-20-8-6-5-7-18-27(2)19-21-31-3/h9-10,15-16,23-24H,4-8,11-14,17-21H2,1-3H3. The maximum atomic E-state index is 13.3. The molecule has 0 aromatic heterocycles. The van der Waals surface area contributed by atoms with Gasteiger partial charge < -0.3 is 14.4 Å². The SMILES string of the molecule is CCCN(C1CCC(OCCCCCCN(C)CCOC)CC1)S(=O)(=O)c1ccc(Br)cc1. The molecular weight excluding hydrogens is 504 g/mol. The number of unbranched alkanes of at least 4 members (excludes halogenated alkanes) is 3. The highest BCUT2D eigenvalue weighted by Gasteiger charge is 2.33. The molecule has 0 aliphatic heterocycles. The zero-order chi connectivity index (χ0) is 24.1. The summed E-state index contributed by atoms with van der Waals surface area (Å²) < 4.78 is 40.4. The number of nitrogens with zero attached hydrogens (tertiary/aromatic N) is 2. The molecule has 1 aromatic carbocycles. The Balaban J connectivity index is 1.69. The number of ether oxygens (including phenoxy) is 2. The summed E-state index contributed by atoms with van der Waals surface area (Å²) in [5, 5.41) is 0. The molecule has 8 heteroatoms. The molecule has 0 bridgehead atoms. The molecule has 1 aliphatic rings. The lowest BCUT2D eigenvalue weighted by atomic mass is 9.93. The van der Waals surface area contributed by atoms with Crippen molar-refractivity contribution in [3.8, 4) is 0 Å². The first kappa shape index (κ1) is 28.7. The van der Waals surface area contributed by atoms with Crippen LogP contribution in [0.3, 0.4) is 0 Å². The minimum atomic E-state index is -3.48. The minimum Gasteiger partial charge on any atom is -0.383 e. The number of hydrogen-bond acceptors (Lipinski definition) is 5. The first-order chi connectivity index (χ1) is 15.9. The van der Waals surface area contributed by atoms with Crippen LogP contribution < -0.4 is 0 Å². The smallest absolute Gasteiger partial charge is 0.243 e. The molecule has 1 aliphatic carbocycles. The molecule has 33 heavy (non-hydrogen) atoms. The topological polar surface area (TPSA) is 59.1 Å². The zero-order valence-corrected chi connectivity index (χ0v) is 23.1. The van der Waals surface area contributed by atoms with Crippen LogP contribution >= 0.6 is 15.9 Å². The first-order valence-electron chi connectivity index (χ1n) is 12.4. The van der Waals surface area contributed by atoms with Gasteiger partial charge in [-0.1, -0.05) is 35.7 Å². The van der Waals surface area contributed by atoms with Crippen LogP contribution in [0.4, 0.5) is 0 Å². The van der Waals surface area contributed by atoms with Gasteiger partial charge in [-0.05, 0) is 82.8 Å². The van der Waals surface area contributed by atoms with Crippen molar-refractivity contribution in [1.82, 2.24) is 9.21 Å². The lowest BCUT2D eigenvalue weighted by molar-refractivity contribution is 0.0141. The normalized spacial score (nSPS) is 19.5. The highest BCUT2D eigenvalue weighted by Crippen LogP contribution is 2.30. The fraction of sp³-hybridized carbons (Fsp3) is 0.760. The number of benzene rings is 1. The lowest BCUT2D eigenvalue weighted by Gasteiger charge is -2.36. The van der Waals surface area contributed by atoms with Crippen LogP contribution in [0.2, 0.25) is 0 Å². The molecule has 0 heterocycles. The quantitative estimate of drug-likeness (QED) is 0.263. The van der Waals surface area contributed by atoms with Gasteiger partial charge in [0, 0.05) is 37.3 Å². The fourth-order valence-electron chi connectivity index (χ4n) is 4.41. The van der Waals surface area contributed by atoms with Crippen molar-refractivity contribution in [2.75, 3.05) is 47.0 Å². The molecule has 1 saturated carbocycles. The van der Waals surface area contributed by atoms with E-state index in [4.69, 9.17) is 9.47 Å². The molecular formula is C25H43BrN2O4S. The van der Waals surface area contributed by atoms with E-state index in [1.165, 1.54) is 19.3 Å². The second-order valence-corrected chi connectivity index (χ2v) is 11.9. The van der Waals surface area contributed by atoms with Crippen molar-refractivity contribution in [2.45, 2.75) is 81.8 Å². The van der Waals surface area contributed by atoms with Crippen LogP contribution in [-0.2, 0) is 19.5 Å². The van der Waals surface area contributed by atoms with E-state index in [2.05, 4.69) is 27.9 Å². The van der Waals surface area contributed by atoms with Gasteiger partial charge in [-0.15, -0.1) is 0 Å². The fourth-order valence-corrected chi connectivity index (χ4v) is 6.45. The number of halogens is 1. The predicted octanol–water partition coefficient (Wildman–Crippen LogP) is 5.32. The van der Waals surface area contributed by atoms with Crippen molar-refractivity contribution in [3.63, 3.8) is 0 Å². The Morgan fingerprint density at radius 3 is 2.24 bits per heavy atom. The summed E-state index contributed by atoms with van der Waals surface area (Å²) in [5.74, 6) is 0. The third-order valence-corrected chi connectivity index (χ3v) is 8.87.